The van der Waals surface area contributed by atoms with Crippen LogP contribution in [0.25, 0.3) is 0 Å². The van der Waals surface area contributed by atoms with Gasteiger partial charge in [-0.15, -0.1) is 0 Å². The van der Waals surface area contributed by atoms with Crippen LogP contribution in [0.4, 0.5) is 0 Å². The molecule has 6 heteroatoms. The number of imide groups is 1. The Hall–Kier alpha value is -2.53. The van der Waals surface area contributed by atoms with E-state index >= 15 is 0 Å². The first kappa shape index (κ1) is 21.2. The van der Waals surface area contributed by atoms with E-state index in [1.165, 1.54) is 4.90 Å². The third-order valence-electron chi connectivity index (χ3n) is 4.96. The predicted octanol–water partition coefficient (Wildman–Crippen LogP) is 4.30. The van der Waals surface area contributed by atoms with Gasteiger partial charge in [-0.05, 0) is 62.1 Å². The number of halogens is 1. The highest BCUT2D eigenvalue weighted by atomic mass is 35.5. The van der Waals surface area contributed by atoms with Crippen molar-refractivity contribution in [3.05, 3.63) is 58.6 Å². The van der Waals surface area contributed by atoms with Gasteiger partial charge < -0.3 is 9.47 Å². The second kappa shape index (κ2) is 9.79. The van der Waals surface area contributed by atoms with Crippen molar-refractivity contribution in [3.63, 3.8) is 0 Å². The topological polar surface area (TPSA) is 55.8 Å². The first-order valence-corrected chi connectivity index (χ1v) is 10.4. The molecule has 0 spiro atoms. The average Bonchev–Trinajstić information content (AvgIpc) is 2.97. The number of benzene rings is 2. The summed E-state index contributed by atoms with van der Waals surface area (Å²) >= 11 is 5.91. The van der Waals surface area contributed by atoms with Crippen molar-refractivity contribution in [2.24, 2.45) is 5.92 Å². The van der Waals surface area contributed by atoms with E-state index in [1.54, 1.807) is 12.1 Å². The van der Waals surface area contributed by atoms with Gasteiger partial charge in [-0.3, -0.25) is 14.5 Å². The smallest absolute Gasteiger partial charge is 0.233 e. The Morgan fingerprint density at radius 2 is 1.62 bits per heavy atom. The van der Waals surface area contributed by atoms with Crippen LogP contribution < -0.4 is 9.47 Å². The van der Waals surface area contributed by atoms with Crippen molar-refractivity contribution in [1.29, 1.82) is 0 Å². The van der Waals surface area contributed by atoms with Crippen molar-refractivity contribution < 1.29 is 19.1 Å². The van der Waals surface area contributed by atoms with Gasteiger partial charge in [0.1, 0.15) is 0 Å². The predicted molar refractivity (Wildman–Crippen MR) is 112 cm³/mol. The number of hydrogen-bond donors (Lipinski definition) is 0. The molecule has 0 N–H and O–H groups in total. The highest BCUT2D eigenvalue weighted by Crippen LogP contribution is 2.29. The van der Waals surface area contributed by atoms with E-state index in [2.05, 4.69) is 0 Å². The van der Waals surface area contributed by atoms with Crippen LogP contribution in [0.2, 0.25) is 5.02 Å². The molecule has 1 unspecified atom stereocenters. The van der Waals surface area contributed by atoms with Gasteiger partial charge in [0.25, 0.3) is 0 Å². The summed E-state index contributed by atoms with van der Waals surface area (Å²) in [5.74, 6) is 0.884. The average molecular weight is 416 g/mol. The molecule has 1 atom stereocenters. The van der Waals surface area contributed by atoms with E-state index in [0.29, 0.717) is 49.1 Å². The van der Waals surface area contributed by atoms with Crippen LogP contribution in [0.1, 0.15) is 31.4 Å². The van der Waals surface area contributed by atoms with Gasteiger partial charge in [0, 0.05) is 18.0 Å². The molecule has 5 nitrogen and oxygen atoms in total. The van der Waals surface area contributed by atoms with E-state index in [4.69, 9.17) is 21.1 Å². The first-order chi connectivity index (χ1) is 14.0. The zero-order valence-electron chi connectivity index (χ0n) is 16.8. The Kier molecular flexibility index (Phi) is 7.15. The van der Waals surface area contributed by atoms with Crippen LogP contribution >= 0.6 is 11.6 Å². The normalized spacial score (nSPS) is 16.4. The van der Waals surface area contributed by atoms with E-state index in [-0.39, 0.29) is 24.2 Å². The second-order valence-corrected chi connectivity index (χ2v) is 7.45. The van der Waals surface area contributed by atoms with Crippen LogP contribution in [0.5, 0.6) is 11.5 Å². The fourth-order valence-corrected chi connectivity index (χ4v) is 3.67. The zero-order valence-corrected chi connectivity index (χ0v) is 17.6. The van der Waals surface area contributed by atoms with Gasteiger partial charge >= 0.3 is 0 Å². The maximum absolute atomic E-state index is 12.8. The van der Waals surface area contributed by atoms with Gasteiger partial charge in [-0.1, -0.05) is 29.8 Å². The van der Waals surface area contributed by atoms with Gasteiger partial charge in [0.05, 0.1) is 19.1 Å². The largest absolute Gasteiger partial charge is 0.490 e. The lowest BCUT2D eigenvalue weighted by Crippen LogP contribution is -2.33. The van der Waals surface area contributed by atoms with Gasteiger partial charge in [-0.25, -0.2) is 0 Å². The van der Waals surface area contributed by atoms with Crippen molar-refractivity contribution in [2.45, 2.75) is 33.1 Å². The Balaban J connectivity index is 1.63. The third kappa shape index (κ3) is 5.30. The van der Waals surface area contributed by atoms with Gasteiger partial charge in [-0.2, -0.15) is 0 Å². The number of carbonyl (C=O) groups excluding carboxylic acids is 2. The molecule has 2 aromatic rings. The Morgan fingerprint density at radius 3 is 2.31 bits per heavy atom. The highest BCUT2D eigenvalue weighted by molar-refractivity contribution is 6.30. The molecule has 1 aliphatic heterocycles. The summed E-state index contributed by atoms with van der Waals surface area (Å²) in [6.07, 6.45) is 1.39. The summed E-state index contributed by atoms with van der Waals surface area (Å²) in [5, 5.41) is 0.658. The van der Waals surface area contributed by atoms with Gasteiger partial charge in [0.2, 0.25) is 11.8 Å². The van der Waals surface area contributed by atoms with Crippen LogP contribution in [0, 0.1) is 5.92 Å². The second-order valence-electron chi connectivity index (χ2n) is 7.01. The molecule has 0 radical (unpaired) electrons. The van der Waals surface area contributed by atoms with Crippen molar-refractivity contribution in [3.8, 4) is 11.5 Å². The molecule has 1 fully saturated rings. The van der Waals surface area contributed by atoms with Crippen molar-refractivity contribution >= 4 is 23.4 Å². The minimum Gasteiger partial charge on any atom is -0.490 e. The van der Waals surface area contributed by atoms with E-state index < -0.39 is 0 Å². The molecule has 0 aromatic heterocycles. The number of ether oxygens (including phenoxy) is 2. The summed E-state index contributed by atoms with van der Waals surface area (Å²) in [4.78, 5) is 26.5. The lowest BCUT2D eigenvalue weighted by molar-refractivity contribution is -0.139. The molecular formula is C23H26ClNO4. The number of hydrogen-bond acceptors (Lipinski definition) is 4. The van der Waals surface area contributed by atoms with Crippen LogP contribution in [0.3, 0.4) is 0 Å². The molecule has 0 bridgehead atoms. The summed E-state index contributed by atoms with van der Waals surface area (Å²) in [6.45, 7) is 5.32. The Morgan fingerprint density at radius 1 is 0.966 bits per heavy atom. The summed E-state index contributed by atoms with van der Waals surface area (Å²) in [5.41, 5.74) is 2.01. The quantitative estimate of drug-likeness (QED) is 0.573. The fraction of sp³-hybridized carbons (Fsp3) is 0.391. The molecule has 154 valence electrons. The van der Waals surface area contributed by atoms with Gasteiger partial charge in [0.15, 0.2) is 11.5 Å². The highest BCUT2D eigenvalue weighted by Gasteiger charge is 2.37. The van der Waals surface area contributed by atoms with E-state index in [0.717, 1.165) is 11.1 Å². The Bertz CT molecular complexity index is 866. The molecule has 1 saturated heterocycles. The summed E-state index contributed by atoms with van der Waals surface area (Å²) < 4.78 is 11.2. The molecule has 3 rings (SSSR count). The molecule has 29 heavy (non-hydrogen) atoms. The molecule has 2 aromatic carbocycles. The lowest BCUT2D eigenvalue weighted by Gasteiger charge is -2.16. The molecule has 0 aliphatic carbocycles. The van der Waals surface area contributed by atoms with E-state index in [9.17, 15) is 9.59 Å². The zero-order chi connectivity index (χ0) is 20.8. The molecule has 2 amide bonds. The molecule has 0 saturated carbocycles. The molecule has 1 heterocycles. The standard InChI is InChI=1S/C23H26ClNO4/c1-3-28-20-10-7-17(14-21(20)29-4-2)11-12-25-22(26)15-18(23(25)27)13-16-5-8-19(24)9-6-16/h5-10,14,18H,3-4,11-13,15H2,1-2H3. The number of carbonyl (C=O) groups is 2. The monoisotopic (exact) mass is 415 g/mol. The SMILES string of the molecule is CCOc1ccc(CCN2C(=O)CC(Cc3ccc(Cl)cc3)C2=O)cc1OCC. The first-order valence-electron chi connectivity index (χ1n) is 9.99. The molecule has 1 aliphatic rings. The van der Waals surface area contributed by atoms with Crippen LogP contribution in [-0.4, -0.2) is 36.5 Å². The fourth-order valence-electron chi connectivity index (χ4n) is 3.54. The van der Waals surface area contributed by atoms with Crippen molar-refractivity contribution in [2.75, 3.05) is 19.8 Å². The van der Waals surface area contributed by atoms with Crippen LogP contribution in [0.15, 0.2) is 42.5 Å². The van der Waals surface area contributed by atoms with Crippen LogP contribution in [-0.2, 0) is 22.4 Å². The maximum atomic E-state index is 12.8. The maximum Gasteiger partial charge on any atom is 0.233 e. The Labute approximate surface area is 176 Å². The third-order valence-corrected chi connectivity index (χ3v) is 5.22. The lowest BCUT2D eigenvalue weighted by atomic mass is 9.98. The minimum atomic E-state index is -0.303. The number of amides is 2. The summed E-state index contributed by atoms with van der Waals surface area (Å²) in [6, 6.07) is 13.2. The number of rotatable bonds is 9. The van der Waals surface area contributed by atoms with E-state index in [1.807, 2.05) is 44.2 Å². The summed E-state index contributed by atoms with van der Waals surface area (Å²) in [7, 11) is 0. The molecular weight excluding hydrogens is 390 g/mol. The number of likely N-dealkylation sites (tertiary alicyclic amines) is 1. The minimum absolute atomic E-state index is 0.0964. The van der Waals surface area contributed by atoms with Crippen molar-refractivity contribution in [1.82, 2.24) is 4.90 Å². The number of nitrogens with zero attached hydrogens (tertiary/aromatic N) is 1.